The molecule has 1 aliphatic rings. The summed E-state index contributed by atoms with van der Waals surface area (Å²) in [6.45, 7) is 1.96. The number of rotatable bonds is 3. The molecule has 3 aromatic rings. The predicted molar refractivity (Wildman–Crippen MR) is 94.4 cm³/mol. The highest BCUT2D eigenvalue weighted by Crippen LogP contribution is 2.38. The Labute approximate surface area is 143 Å². The van der Waals surface area contributed by atoms with Crippen LogP contribution in [0.3, 0.4) is 0 Å². The fraction of sp³-hybridized carbons (Fsp3) is 0.0500. The van der Waals surface area contributed by atoms with E-state index in [4.69, 9.17) is 0 Å². The Balaban J connectivity index is 1.90. The summed E-state index contributed by atoms with van der Waals surface area (Å²) < 4.78 is 0. The van der Waals surface area contributed by atoms with Crippen LogP contribution < -0.4 is 0 Å². The topological polar surface area (TPSA) is 82.5 Å². The monoisotopic (exact) mass is 330 g/mol. The van der Waals surface area contributed by atoms with Crippen LogP contribution in [-0.4, -0.2) is 28.0 Å². The summed E-state index contributed by atoms with van der Waals surface area (Å²) in [5.41, 5.74) is 4.60. The number of aldehydes is 1. The third-order valence-corrected chi connectivity index (χ3v) is 4.25. The number of aromatic hydroxyl groups is 1. The van der Waals surface area contributed by atoms with Crippen LogP contribution in [0.25, 0.3) is 11.3 Å². The molecule has 0 saturated heterocycles. The standard InChI is InChI=1S/C20H14N2O3/c1-11-4-2-6-13(8-11)17-15-16(20(25)21-17)18(22-19(15)24)14-7-3-5-12(9-14)10-23/h2-10,21,25H,1H3. The Morgan fingerprint density at radius 3 is 2.56 bits per heavy atom. The summed E-state index contributed by atoms with van der Waals surface area (Å²) in [6, 6.07) is 14.4. The van der Waals surface area contributed by atoms with Crippen LogP contribution in [0.2, 0.25) is 0 Å². The Morgan fingerprint density at radius 1 is 1.04 bits per heavy atom. The van der Waals surface area contributed by atoms with E-state index in [1.54, 1.807) is 24.3 Å². The fourth-order valence-corrected chi connectivity index (χ4v) is 3.13. The van der Waals surface area contributed by atoms with Crippen molar-refractivity contribution >= 4 is 17.9 Å². The minimum Gasteiger partial charge on any atom is -0.494 e. The molecule has 0 spiro atoms. The number of aliphatic imine (C=N–C) groups is 1. The van der Waals surface area contributed by atoms with Crippen molar-refractivity contribution in [2.75, 3.05) is 0 Å². The Bertz CT molecular complexity index is 1060. The van der Waals surface area contributed by atoms with Crippen molar-refractivity contribution < 1.29 is 14.7 Å². The van der Waals surface area contributed by atoms with Crippen LogP contribution in [-0.2, 0) is 0 Å². The molecule has 0 saturated carbocycles. The highest BCUT2D eigenvalue weighted by molar-refractivity contribution is 6.30. The number of nitrogens with one attached hydrogen (secondary N) is 1. The molecule has 2 aromatic carbocycles. The summed E-state index contributed by atoms with van der Waals surface area (Å²) in [6.07, 6.45) is 0.733. The molecule has 25 heavy (non-hydrogen) atoms. The minimum atomic E-state index is -0.408. The molecule has 0 aliphatic carbocycles. The molecule has 0 unspecified atom stereocenters. The lowest BCUT2D eigenvalue weighted by Gasteiger charge is -2.02. The largest absolute Gasteiger partial charge is 0.494 e. The summed E-state index contributed by atoms with van der Waals surface area (Å²) in [4.78, 5) is 30.5. The Morgan fingerprint density at radius 2 is 1.80 bits per heavy atom. The minimum absolute atomic E-state index is 0.104. The molecule has 2 N–H and O–H groups in total. The van der Waals surface area contributed by atoms with Crippen LogP contribution in [0.1, 0.15) is 37.4 Å². The van der Waals surface area contributed by atoms with Crippen molar-refractivity contribution in [1.82, 2.24) is 4.98 Å². The second-order valence-corrected chi connectivity index (χ2v) is 5.98. The zero-order valence-electron chi connectivity index (χ0n) is 13.4. The third kappa shape index (κ3) is 2.37. The van der Waals surface area contributed by atoms with Gasteiger partial charge in [-0.1, -0.05) is 42.0 Å². The molecule has 2 heterocycles. The third-order valence-electron chi connectivity index (χ3n) is 4.25. The van der Waals surface area contributed by atoms with E-state index in [9.17, 15) is 14.7 Å². The van der Waals surface area contributed by atoms with Crippen LogP contribution >= 0.6 is 0 Å². The SMILES string of the molecule is Cc1cccc(-c2[nH]c(O)c3c2C(=O)N=C3c2cccc(C=O)c2)c1. The lowest BCUT2D eigenvalue weighted by atomic mass is 9.99. The van der Waals surface area contributed by atoms with Crippen molar-refractivity contribution in [1.29, 1.82) is 0 Å². The maximum absolute atomic E-state index is 12.5. The molecule has 5 heteroatoms. The maximum Gasteiger partial charge on any atom is 0.280 e. The van der Waals surface area contributed by atoms with Gasteiger partial charge in [0.15, 0.2) is 5.88 Å². The first-order valence-corrected chi connectivity index (χ1v) is 7.79. The molecule has 0 radical (unpaired) electrons. The molecule has 0 fully saturated rings. The first-order valence-electron chi connectivity index (χ1n) is 7.79. The predicted octanol–water partition coefficient (Wildman–Crippen LogP) is 3.50. The molecule has 4 rings (SSSR count). The summed E-state index contributed by atoms with van der Waals surface area (Å²) in [7, 11) is 0. The average molecular weight is 330 g/mol. The number of aromatic nitrogens is 1. The van der Waals surface area contributed by atoms with Gasteiger partial charge in [0.25, 0.3) is 5.91 Å². The molecule has 0 bridgehead atoms. The number of carbonyl (C=O) groups is 2. The molecule has 0 atom stereocenters. The van der Waals surface area contributed by atoms with Crippen LogP contribution in [0.15, 0.2) is 53.5 Å². The normalized spacial score (nSPS) is 12.8. The van der Waals surface area contributed by atoms with Gasteiger partial charge in [-0.25, -0.2) is 4.99 Å². The van der Waals surface area contributed by atoms with Gasteiger partial charge in [0.2, 0.25) is 0 Å². The highest BCUT2D eigenvalue weighted by atomic mass is 16.3. The van der Waals surface area contributed by atoms with Crippen molar-refractivity contribution in [3.05, 3.63) is 76.3 Å². The van der Waals surface area contributed by atoms with E-state index < -0.39 is 5.91 Å². The molecule has 1 aromatic heterocycles. The van der Waals surface area contributed by atoms with Gasteiger partial charge in [0, 0.05) is 11.1 Å². The number of aromatic amines is 1. The Kier molecular flexibility index (Phi) is 3.35. The number of benzene rings is 2. The number of hydrogen-bond donors (Lipinski definition) is 2. The van der Waals surface area contributed by atoms with Gasteiger partial charge in [-0.05, 0) is 24.6 Å². The number of fused-ring (bicyclic) bond motifs is 1. The smallest absolute Gasteiger partial charge is 0.280 e. The molecule has 1 aliphatic heterocycles. The summed E-state index contributed by atoms with van der Waals surface area (Å²) in [5, 5.41) is 10.4. The lowest BCUT2D eigenvalue weighted by molar-refractivity contribution is 0.101. The molecular weight excluding hydrogens is 316 g/mol. The first-order chi connectivity index (χ1) is 12.1. The fourth-order valence-electron chi connectivity index (χ4n) is 3.13. The molecule has 1 amide bonds. The molecule has 122 valence electrons. The van der Waals surface area contributed by atoms with Gasteiger partial charge in [-0.2, -0.15) is 0 Å². The van der Waals surface area contributed by atoms with Crippen molar-refractivity contribution in [3.63, 3.8) is 0 Å². The van der Waals surface area contributed by atoms with Crippen molar-refractivity contribution in [2.24, 2.45) is 4.99 Å². The second kappa shape index (κ2) is 5.56. The van der Waals surface area contributed by atoms with Gasteiger partial charge in [-0.15, -0.1) is 0 Å². The summed E-state index contributed by atoms with van der Waals surface area (Å²) in [5.74, 6) is -0.512. The average Bonchev–Trinajstić information content (AvgIpc) is 3.14. The van der Waals surface area contributed by atoms with Gasteiger partial charge in [0.05, 0.1) is 22.5 Å². The van der Waals surface area contributed by atoms with E-state index in [0.717, 1.165) is 17.4 Å². The van der Waals surface area contributed by atoms with E-state index in [1.807, 2.05) is 31.2 Å². The number of carbonyl (C=O) groups excluding carboxylic acids is 2. The zero-order chi connectivity index (χ0) is 17.6. The number of nitrogens with zero attached hydrogens (tertiary/aromatic N) is 1. The number of aryl methyl sites for hydroxylation is 1. The molecule has 5 nitrogen and oxygen atoms in total. The van der Waals surface area contributed by atoms with E-state index in [2.05, 4.69) is 9.98 Å². The Hall–Kier alpha value is -3.47. The van der Waals surface area contributed by atoms with Crippen molar-refractivity contribution in [3.8, 4) is 17.1 Å². The van der Waals surface area contributed by atoms with Crippen molar-refractivity contribution in [2.45, 2.75) is 6.92 Å². The highest BCUT2D eigenvalue weighted by Gasteiger charge is 2.33. The lowest BCUT2D eigenvalue weighted by Crippen LogP contribution is -2.00. The number of amides is 1. The van der Waals surface area contributed by atoms with Gasteiger partial charge in [0.1, 0.15) is 6.29 Å². The van der Waals surface area contributed by atoms with E-state index in [-0.39, 0.29) is 5.88 Å². The second-order valence-electron chi connectivity index (χ2n) is 5.98. The van der Waals surface area contributed by atoms with E-state index in [0.29, 0.717) is 33.7 Å². The summed E-state index contributed by atoms with van der Waals surface area (Å²) >= 11 is 0. The number of H-pyrrole nitrogens is 1. The maximum atomic E-state index is 12.5. The zero-order valence-corrected chi connectivity index (χ0v) is 13.4. The van der Waals surface area contributed by atoms with Gasteiger partial charge < -0.3 is 10.1 Å². The van der Waals surface area contributed by atoms with E-state index in [1.165, 1.54) is 0 Å². The van der Waals surface area contributed by atoms with Gasteiger partial charge in [-0.3, -0.25) is 9.59 Å². The first kappa shape index (κ1) is 15.1. The van der Waals surface area contributed by atoms with Gasteiger partial charge >= 0.3 is 0 Å². The number of hydrogen-bond acceptors (Lipinski definition) is 3. The van der Waals surface area contributed by atoms with Crippen LogP contribution in [0, 0.1) is 6.92 Å². The van der Waals surface area contributed by atoms with Crippen LogP contribution in [0.5, 0.6) is 5.88 Å². The van der Waals surface area contributed by atoms with Crippen LogP contribution in [0.4, 0.5) is 0 Å². The quantitative estimate of drug-likeness (QED) is 0.721. The van der Waals surface area contributed by atoms with E-state index >= 15 is 0 Å². The molecular formula is C20H14N2O3.